The maximum atomic E-state index is 6.80. The molecule has 0 atom stereocenters. The van der Waals surface area contributed by atoms with Gasteiger partial charge in [-0.1, -0.05) is 152 Å². The van der Waals surface area contributed by atoms with Crippen molar-refractivity contribution in [3.63, 3.8) is 0 Å². The third kappa shape index (κ3) is 5.34. The maximum absolute atomic E-state index is 6.80. The fourth-order valence-corrected chi connectivity index (χ4v) is 10.0. The van der Waals surface area contributed by atoms with Crippen molar-refractivity contribution in [3.8, 4) is 39.9 Å². The van der Waals surface area contributed by atoms with Gasteiger partial charge in [-0.3, -0.25) is 0 Å². The normalized spacial score (nSPS) is 12.1. The average molecular weight is 815 g/mol. The first kappa shape index (κ1) is 35.0. The van der Waals surface area contributed by atoms with Crippen molar-refractivity contribution in [3.05, 3.63) is 206 Å². The van der Waals surface area contributed by atoms with Gasteiger partial charge in [0.25, 0.3) is 0 Å². The van der Waals surface area contributed by atoms with Crippen LogP contribution in [0.2, 0.25) is 0 Å². The lowest BCUT2D eigenvalue weighted by Crippen LogP contribution is -2.00. The Bertz CT molecular complexity index is 4180. The zero-order valence-electron chi connectivity index (χ0n) is 34.3. The Kier molecular flexibility index (Phi) is 7.33. The van der Waals surface area contributed by atoms with E-state index in [0.717, 1.165) is 65.9 Å². The van der Waals surface area contributed by atoms with E-state index < -0.39 is 0 Å². The molecule has 296 valence electrons. The van der Waals surface area contributed by atoms with Gasteiger partial charge >= 0.3 is 0 Å². The largest absolute Gasteiger partial charge is 0.456 e. The van der Waals surface area contributed by atoms with Gasteiger partial charge in [0.15, 0.2) is 17.5 Å². The van der Waals surface area contributed by atoms with Gasteiger partial charge in [0.05, 0.1) is 11.0 Å². The molecule has 0 saturated heterocycles. The highest BCUT2D eigenvalue weighted by atomic mass is 16.3. The van der Waals surface area contributed by atoms with E-state index in [1.54, 1.807) is 0 Å². The van der Waals surface area contributed by atoms with Gasteiger partial charge < -0.3 is 8.98 Å². The summed E-state index contributed by atoms with van der Waals surface area (Å²) in [6, 6.07) is 73.5. The molecule has 0 amide bonds. The highest BCUT2D eigenvalue weighted by molar-refractivity contribution is 6.22. The van der Waals surface area contributed by atoms with Gasteiger partial charge in [-0.15, -0.1) is 0 Å². The molecule has 0 aliphatic carbocycles. The second kappa shape index (κ2) is 13.4. The van der Waals surface area contributed by atoms with Crippen LogP contribution >= 0.6 is 0 Å². The summed E-state index contributed by atoms with van der Waals surface area (Å²) < 4.78 is 9.22. The molecule has 0 aliphatic heterocycles. The summed E-state index contributed by atoms with van der Waals surface area (Å²) in [6.45, 7) is 0. The van der Waals surface area contributed by atoms with E-state index in [2.05, 4.69) is 211 Å². The Balaban J connectivity index is 0.962. The van der Waals surface area contributed by atoms with Crippen LogP contribution < -0.4 is 0 Å². The van der Waals surface area contributed by atoms with E-state index in [4.69, 9.17) is 19.4 Å². The Hall–Kier alpha value is -8.67. The minimum Gasteiger partial charge on any atom is -0.456 e. The lowest BCUT2D eigenvalue weighted by atomic mass is 10.0. The smallest absolute Gasteiger partial charge is 0.164 e. The quantitative estimate of drug-likeness (QED) is 0.178. The van der Waals surface area contributed by atoms with Crippen LogP contribution in [-0.4, -0.2) is 19.5 Å². The molecule has 14 aromatic rings. The molecule has 0 unspecified atom stereocenters. The van der Waals surface area contributed by atoms with E-state index >= 15 is 0 Å². The van der Waals surface area contributed by atoms with Gasteiger partial charge in [-0.2, -0.15) is 0 Å². The molecule has 14 rings (SSSR count). The fourth-order valence-electron chi connectivity index (χ4n) is 10.0. The van der Waals surface area contributed by atoms with Gasteiger partial charge in [-0.05, 0) is 97.0 Å². The SMILES string of the molecule is c1ccc2cc(-c3nc(-c4ccc5ccccc5c4)nc(-c4ccc5ccc6oc7cc(-n8c9cc%10ccccc%10cc9c9ccc%10ccccc%10c98)ccc7c6c5c4)n3)ccc2c1. The second-order valence-electron chi connectivity index (χ2n) is 16.8. The lowest BCUT2D eigenvalue weighted by molar-refractivity contribution is 0.669. The van der Waals surface area contributed by atoms with Crippen molar-refractivity contribution in [2.75, 3.05) is 0 Å². The molecule has 0 aliphatic rings. The molecule has 0 N–H and O–H groups in total. The summed E-state index contributed by atoms with van der Waals surface area (Å²) in [7, 11) is 0. The first-order chi connectivity index (χ1) is 31.7. The van der Waals surface area contributed by atoms with Crippen molar-refractivity contribution in [2.45, 2.75) is 0 Å². The van der Waals surface area contributed by atoms with Crippen LogP contribution in [0.3, 0.4) is 0 Å². The van der Waals surface area contributed by atoms with Crippen LogP contribution in [0.15, 0.2) is 211 Å². The van der Waals surface area contributed by atoms with E-state index in [1.807, 2.05) is 0 Å². The summed E-state index contributed by atoms with van der Waals surface area (Å²) in [5, 5.41) is 16.3. The number of nitrogens with zero attached hydrogens (tertiary/aromatic N) is 4. The highest BCUT2D eigenvalue weighted by Gasteiger charge is 2.20. The van der Waals surface area contributed by atoms with Crippen LogP contribution in [-0.2, 0) is 0 Å². The highest BCUT2D eigenvalue weighted by Crippen LogP contribution is 2.42. The molecular weight excluding hydrogens is 781 g/mol. The van der Waals surface area contributed by atoms with Crippen molar-refractivity contribution in [1.29, 1.82) is 0 Å². The molecule has 5 heteroatoms. The van der Waals surface area contributed by atoms with Crippen molar-refractivity contribution < 1.29 is 4.42 Å². The van der Waals surface area contributed by atoms with E-state index in [9.17, 15) is 0 Å². The minimum atomic E-state index is 0.612. The summed E-state index contributed by atoms with van der Waals surface area (Å²) in [4.78, 5) is 15.5. The number of aromatic nitrogens is 4. The summed E-state index contributed by atoms with van der Waals surface area (Å²) in [5.74, 6) is 1.87. The van der Waals surface area contributed by atoms with Crippen LogP contribution in [0.5, 0.6) is 0 Å². The molecule has 3 heterocycles. The summed E-state index contributed by atoms with van der Waals surface area (Å²) in [6.07, 6.45) is 0. The number of rotatable bonds is 4. The van der Waals surface area contributed by atoms with Gasteiger partial charge in [0.2, 0.25) is 0 Å². The molecule has 64 heavy (non-hydrogen) atoms. The molecule has 0 bridgehead atoms. The van der Waals surface area contributed by atoms with Crippen LogP contribution in [0, 0.1) is 0 Å². The zero-order chi connectivity index (χ0) is 41.9. The van der Waals surface area contributed by atoms with E-state index in [1.165, 1.54) is 54.1 Å². The number of furan rings is 1. The van der Waals surface area contributed by atoms with Gasteiger partial charge in [0, 0.05) is 55.4 Å². The number of benzene rings is 11. The molecule has 11 aromatic carbocycles. The number of hydrogen-bond donors (Lipinski definition) is 0. The second-order valence-corrected chi connectivity index (χ2v) is 16.8. The predicted molar refractivity (Wildman–Crippen MR) is 265 cm³/mol. The lowest BCUT2D eigenvalue weighted by Gasteiger charge is -2.11. The third-order valence-electron chi connectivity index (χ3n) is 13.1. The topological polar surface area (TPSA) is 56.7 Å². The monoisotopic (exact) mass is 814 g/mol. The molecule has 5 nitrogen and oxygen atoms in total. The molecule has 0 fully saturated rings. The molecule has 0 saturated carbocycles. The van der Waals surface area contributed by atoms with Crippen LogP contribution in [0.1, 0.15) is 0 Å². The average Bonchev–Trinajstić information content (AvgIpc) is 3.90. The number of fused-ring (bicyclic) bond motifs is 13. The zero-order valence-corrected chi connectivity index (χ0v) is 34.3. The van der Waals surface area contributed by atoms with Crippen molar-refractivity contribution in [2.24, 2.45) is 0 Å². The third-order valence-corrected chi connectivity index (χ3v) is 13.1. The Morgan fingerprint density at radius 3 is 1.48 bits per heavy atom. The predicted octanol–water partition coefficient (Wildman–Crippen LogP) is 15.6. The van der Waals surface area contributed by atoms with E-state index in [-0.39, 0.29) is 0 Å². The van der Waals surface area contributed by atoms with Crippen molar-refractivity contribution in [1.82, 2.24) is 19.5 Å². The first-order valence-electron chi connectivity index (χ1n) is 21.7. The van der Waals surface area contributed by atoms with Gasteiger partial charge in [-0.25, -0.2) is 15.0 Å². The Labute approximate surface area is 366 Å². The maximum Gasteiger partial charge on any atom is 0.164 e. The molecular formula is C59H34N4O. The Morgan fingerprint density at radius 2 is 0.812 bits per heavy atom. The fraction of sp³-hybridized carbons (Fsp3) is 0. The standard InChI is InChI=1S/C59H34N4O/c1-3-12-39-29-43(20-17-35(39)9-1)57-60-58(44-21-18-36-10-2-4-13-40(36)30-44)62-59(61-57)45-22-19-38-24-28-53-55(50(38)32-45)49-27-25-46(34-54(49)64-53)63-52-33-42-15-6-5-14-41(42)31-51(52)48-26-23-37-11-7-8-16-47(37)56(48)63/h1-34H. The van der Waals surface area contributed by atoms with E-state index in [0.29, 0.717) is 17.5 Å². The molecule has 3 aromatic heterocycles. The van der Waals surface area contributed by atoms with Crippen molar-refractivity contribution >= 4 is 97.6 Å². The van der Waals surface area contributed by atoms with Crippen LogP contribution in [0.4, 0.5) is 0 Å². The first-order valence-corrected chi connectivity index (χ1v) is 21.7. The minimum absolute atomic E-state index is 0.612. The Morgan fingerprint density at radius 1 is 0.312 bits per heavy atom. The molecule has 0 spiro atoms. The van der Waals surface area contributed by atoms with Crippen LogP contribution in [0.25, 0.3) is 137 Å². The molecule has 0 radical (unpaired) electrons. The van der Waals surface area contributed by atoms with Gasteiger partial charge in [0.1, 0.15) is 11.2 Å². The summed E-state index contributed by atoms with van der Waals surface area (Å²) >= 11 is 0. The summed E-state index contributed by atoms with van der Waals surface area (Å²) in [5.41, 5.74) is 7.86. The number of hydrogen-bond acceptors (Lipinski definition) is 4.